The molecule has 1 atom stereocenters. The number of esters is 1. The number of aromatic nitrogens is 2. The first-order valence-corrected chi connectivity index (χ1v) is 10.9. The number of nitrogens with one attached hydrogen (secondary N) is 2. The lowest BCUT2D eigenvalue weighted by atomic mass is 9.80. The summed E-state index contributed by atoms with van der Waals surface area (Å²) in [6.45, 7) is -1.14. The van der Waals surface area contributed by atoms with Crippen molar-refractivity contribution < 1.29 is 33.7 Å². The summed E-state index contributed by atoms with van der Waals surface area (Å²) in [6, 6.07) is 7.02. The standard InChI is InChI=1S/C21H17ClFN3O7S/c1-33-20(32)17-12(7-23)24-13(8-34-21-25-11(18(28)29)6-14(27)26-21)16(19(30)31)15(17)9-4-2-3-5-10(9)22/h2-6,15,24H,7-8H2,1H3,(H,28,29)(H,30,31)(H,25,26,27). The van der Waals surface area contributed by atoms with Crippen LogP contribution in [0.3, 0.4) is 0 Å². The highest BCUT2D eigenvalue weighted by molar-refractivity contribution is 7.99. The van der Waals surface area contributed by atoms with Crippen molar-refractivity contribution in [3.8, 4) is 0 Å². The van der Waals surface area contributed by atoms with Gasteiger partial charge in [-0.2, -0.15) is 0 Å². The van der Waals surface area contributed by atoms with E-state index in [0.717, 1.165) is 24.9 Å². The number of allylic oxidation sites excluding steroid dienone is 1. The van der Waals surface area contributed by atoms with Gasteiger partial charge in [0, 0.05) is 22.5 Å². The van der Waals surface area contributed by atoms with E-state index in [1.54, 1.807) is 12.1 Å². The third-order valence-electron chi connectivity index (χ3n) is 4.81. The molecule has 0 amide bonds. The topological polar surface area (TPSA) is 159 Å². The highest BCUT2D eigenvalue weighted by Gasteiger charge is 2.40. The molecule has 3 rings (SSSR count). The zero-order valence-corrected chi connectivity index (χ0v) is 19.0. The molecule has 1 aromatic heterocycles. The van der Waals surface area contributed by atoms with E-state index in [1.807, 2.05) is 0 Å². The predicted molar refractivity (Wildman–Crippen MR) is 120 cm³/mol. The molecule has 13 heteroatoms. The Balaban J connectivity index is 2.13. The number of methoxy groups -OCH3 is 1. The number of rotatable bonds is 8. The Hall–Kier alpha value is -3.64. The van der Waals surface area contributed by atoms with E-state index >= 15 is 0 Å². The Kier molecular flexibility index (Phi) is 7.74. The third kappa shape index (κ3) is 5.13. The number of benzene rings is 1. The number of thioether (sulfide) groups is 1. The van der Waals surface area contributed by atoms with Crippen LogP contribution in [0.1, 0.15) is 22.0 Å². The third-order valence-corrected chi connectivity index (χ3v) is 6.05. The number of carbonyl (C=O) groups excluding carboxylic acids is 1. The number of halogens is 2. The number of alkyl halides is 1. The summed E-state index contributed by atoms with van der Waals surface area (Å²) in [5, 5.41) is 21.8. The molecule has 2 heterocycles. The van der Waals surface area contributed by atoms with Crippen LogP contribution in [0.25, 0.3) is 0 Å². The maximum absolute atomic E-state index is 14.0. The predicted octanol–water partition coefficient (Wildman–Crippen LogP) is 2.34. The van der Waals surface area contributed by atoms with Crippen LogP contribution < -0.4 is 10.9 Å². The molecule has 1 unspecified atom stereocenters. The number of nitrogens with zero attached hydrogens (tertiary/aromatic N) is 1. The maximum Gasteiger partial charge on any atom is 0.354 e. The van der Waals surface area contributed by atoms with Crippen molar-refractivity contribution in [3.05, 3.63) is 79.5 Å². The van der Waals surface area contributed by atoms with Crippen LogP contribution >= 0.6 is 23.4 Å². The summed E-state index contributed by atoms with van der Waals surface area (Å²) in [4.78, 5) is 54.0. The number of aromatic carboxylic acids is 1. The second-order valence-corrected chi connectivity index (χ2v) is 8.20. The fourth-order valence-electron chi connectivity index (χ4n) is 3.41. The highest BCUT2D eigenvalue weighted by Crippen LogP contribution is 2.42. The Morgan fingerprint density at radius 1 is 1.18 bits per heavy atom. The lowest BCUT2D eigenvalue weighted by Crippen LogP contribution is -2.35. The SMILES string of the molecule is COC(=O)C1=C(CF)NC(CSc2nc(C(=O)O)cc(=O)[nH]2)=C(C(=O)O)C1c1ccccc1Cl. The monoisotopic (exact) mass is 509 g/mol. The molecule has 2 aromatic rings. The van der Waals surface area contributed by atoms with Gasteiger partial charge in [0.1, 0.15) is 6.67 Å². The number of carbonyl (C=O) groups is 3. The Morgan fingerprint density at radius 2 is 1.88 bits per heavy atom. The molecule has 0 bridgehead atoms. The number of aliphatic carboxylic acids is 1. The van der Waals surface area contributed by atoms with Crippen molar-refractivity contribution in [1.29, 1.82) is 0 Å². The number of carboxylic acid groups (broad SMARTS) is 2. The molecule has 0 fully saturated rings. The molecule has 1 aromatic carbocycles. The second-order valence-electron chi connectivity index (χ2n) is 6.82. The Labute approximate surface area is 200 Å². The molecule has 0 radical (unpaired) electrons. The average Bonchev–Trinajstić information content (AvgIpc) is 2.81. The van der Waals surface area contributed by atoms with E-state index in [-0.39, 0.29) is 44.0 Å². The summed E-state index contributed by atoms with van der Waals surface area (Å²) in [5.74, 6) is -5.22. The molecule has 0 aliphatic carbocycles. The zero-order chi connectivity index (χ0) is 25.0. The van der Waals surface area contributed by atoms with E-state index < -0.39 is 41.8 Å². The van der Waals surface area contributed by atoms with Crippen molar-refractivity contribution in [2.45, 2.75) is 11.1 Å². The summed E-state index contributed by atoms with van der Waals surface area (Å²) >= 11 is 7.12. The number of ether oxygens (including phenoxy) is 1. The molecule has 0 saturated carbocycles. The van der Waals surface area contributed by atoms with Crippen LogP contribution in [0, 0.1) is 0 Å². The number of aromatic amines is 1. The minimum Gasteiger partial charge on any atom is -0.478 e. The van der Waals surface area contributed by atoms with Gasteiger partial charge >= 0.3 is 17.9 Å². The summed E-state index contributed by atoms with van der Waals surface area (Å²) in [7, 11) is 1.09. The van der Waals surface area contributed by atoms with Gasteiger partial charge in [-0.3, -0.25) is 4.79 Å². The molecule has 10 nitrogen and oxygen atoms in total. The zero-order valence-electron chi connectivity index (χ0n) is 17.4. The van der Waals surface area contributed by atoms with E-state index in [2.05, 4.69) is 15.3 Å². The molecule has 4 N–H and O–H groups in total. The molecule has 178 valence electrons. The molecule has 1 aliphatic rings. The van der Waals surface area contributed by atoms with Crippen molar-refractivity contribution >= 4 is 41.3 Å². The number of hydrogen-bond donors (Lipinski definition) is 4. The first-order chi connectivity index (χ1) is 16.2. The lowest BCUT2D eigenvalue weighted by Gasteiger charge is -2.31. The Bertz CT molecular complexity index is 1290. The fourth-order valence-corrected chi connectivity index (χ4v) is 4.50. The van der Waals surface area contributed by atoms with Crippen LogP contribution in [-0.4, -0.2) is 57.6 Å². The van der Waals surface area contributed by atoms with E-state index in [9.17, 15) is 28.7 Å². The summed E-state index contributed by atoms with van der Waals surface area (Å²) < 4.78 is 18.8. The van der Waals surface area contributed by atoms with Crippen LogP contribution in [0.5, 0.6) is 0 Å². The van der Waals surface area contributed by atoms with E-state index in [4.69, 9.17) is 21.4 Å². The van der Waals surface area contributed by atoms with Crippen molar-refractivity contribution in [2.24, 2.45) is 0 Å². The second kappa shape index (κ2) is 10.5. The molecular weight excluding hydrogens is 493 g/mol. The number of hydrogen-bond acceptors (Lipinski definition) is 8. The number of H-pyrrole nitrogens is 1. The molecule has 0 saturated heterocycles. The normalized spacial score (nSPS) is 15.7. The van der Waals surface area contributed by atoms with Gasteiger partial charge in [0.15, 0.2) is 10.9 Å². The maximum atomic E-state index is 14.0. The van der Waals surface area contributed by atoms with Gasteiger partial charge in [0.2, 0.25) is 0 Å². The van der Waals surface area contributed by atoms with Crippen molar-refractivity contribution in [3.63, 3.8) is 0 Å². The summed E-state index contributed by atoms with van der Waals surface area (Å²) in [6.07, 6.45) is 0. The number of dihydropyridines is 1. The Morgan fingerprint density at radius 3 is 2.47 bits per heavy atom. The van der Waals surface area contributed by atoms with Gasteiger partial charge < -0.3 is 25.3 Å². The smallest absolute Gasteiger partial charge is 0.354 e. The average molecular weight is 510 g/mol. The van der Waals surface area contributed by atoms with Gasteiger partial charge in [-0.25, -0.2) is 23.8 Å². The van der Waals surface area contributed by atoms with E-state index in [1.165, 1.54) is 12.1 Å². The van der Waals surface area contributed by atoms with Crippen LogP contribution in [0.2, 0.25) is 5.02 Å². The van der Waals surface area contributed by atoms with Crippen LogP contribution in [0.15, 0.2) is 62.8 Å². The van der Waals surface area contributed by atoms with Crippen molar-refractivity contribution in [1.82, 2.24) is 15.3 Å². The minimum atomic E-state index is -1.42. The molecule has 1 aliphatic heterocycles. The van der Waals surface area contributed by atoms with E-state index in [0.29, 0.717) is 0 Å². The minimum absolute atomic E-state index is 0.00565. The fraction of sp³-hybridized carbons (Fsp3) is 0.190. The van der Waals surface area contributed by atoms with Gasteiger partial charge in [-0.15, -0.1) is 0 Å². The first-order valence-electron chi connectivity index (χ1n) is 9.50. The first kappa shape index (κ1) is 25.0. The van der Waals surface area contributed by atoms with Crippen LogP contribution in [0.4, 0.5) is 4.39 Å². The largest absolute Gasteiger partial charge is 0.478 e. The molecule has 34 heavy (non-hydrogen) atoms. The summed E-state index contributed by atoms with van der Waals surface area (Å²) in [5.41, 5.74) is -1.72. The van der Waals surface area contributed by atoms with Crippen LogP contribution in [-0.2, 0) is 14.3 Å². The van der Waals surface area contributed by atoms with Crippen molar-refractivity contribution in [2.75, 3.05) is 19.5 Å². The van der Waals surface area contributed by atoms with Gasteiger partial charge in [-0.05, 0) is 11.6 Å². The molecular formula is C21H17ClFN3O7S. The highest BCUT2D eigenvalue weighted by atomic mass is 35.5. The number of carboxylic acids is 2. The van der Waals surface area contributed by atoms with Gasteiger partial charge in [0.25, 0.3) is 5.56 Å². The lowest BCUT2D eigenvalue weighted by molar-refractivity contribution is -0.136. The van der Waals surface area contributed by atoms with Gasteiger partial charge in [-0.1, -0.05) is 41.6 Å². The quantitative estimate of drug-likeness (QED) is 0.236. The van der Waals surface area contributed by atoms with Gasteiger partial charge in [0.05, 0.1) is 29.9 Å². The molecule has 0 spiro atoms.